The molecule has 0 aliphatic carbocycles. The first-order valence-electron chi connectivity index (χ1n) is 6.92. The van der Waals surface area contributed by atoms with Gasteiger partial charge in [0.05, 0.1) is 27.7 Å². The fourth-order valence-corrected chi connectivity index (χ4v) is 3.11. The van der Waals surface area contributed by atoms with Crippen LogP contribution < -0.4 is 11.0 Å². The molecule has 0 aliphatic rings. The molecule has 118 valence electrons. The zero-order valence-electron chi connectivity index (χ0n) is 12.1. The molecule has 7 heteroatoms. The second-order valence-electron chi connectivity index (χ2n) is 5.20. The first-order valence-corrected chi connectivity index (χ1v) is 8.09. The van der Waals surface area contributed by atoms with E-state index < -0.39 is 0 Å². The molecule has 1 unspecified atom stereocenters. The van der Waals surface area contributed by atoms with Gasteiger partial charge in [0.15, 0.2) is 0 Å². The highest BCUT2D eigenvalue weighted by Gasteiger charge is 2.15. The van der Waals surface area contributed by atoms with Crippen LogP contribution in [0.3, 0.4) is 0 Å². The number of rotatable bonds is 3. The van der Waals surface area contributed by atoms with Gasteiger partial charge in [-0.2, -0.15) is 0 Å². The smallest absolute Gasteiger partial charge is 0.323 e. The summed E-state index contributed by atoms with van der Waals surface area (Å²) in [6.45, 7) is 1.87. The van der Waals surface area contributed by atoms with Crippen molar-refractivity contribution in [3.8, 4) is 0 Å². The third-order valence-corrected chi connectivity index (χ3v) is 4.37. The molecule has 3 rings (SSSR count). The van der Waals surface area contributed by atoms with E-state index in [1.165, 1.54) is 0 Å². The zero-order chi connectivity index (χ0) is 16.6. The minimum absolute atomic E-state index is 0.231. The number of carbonyl (C=O) groups is 1. The Morgan fingerprint density at radius 2 is 1.91 bits per heavy atom. The Morgan fingerprint density at radius 1 is 1.17 bits per heavy atom. The molecule has 0 fully saturated rings. The lowest BCUT2D eigenvalue weighted by Gasteiger charge is -2.15. The van der Waals surface area contributed by atoms with Crippen molar-refractivity contribution in [2.24, 2.45) is 0 Å². The maximum atomic E-state index is 12.4. The van der Waals surface area contributed by atoms with Crippen LogP contribution >= 0.6 is 27.5 Å². The molecule has 23 heavy (non-hydrogen) atoms. The summed E-state index contributed by atoms with van der Waals surface area (Å²) in [6.07, 6.45) is 0. The van der Waals surface area contributed by atoms with Crippen LogP contribution in [0.4, 0.5) is 0 Å². The second kappa shape index (κ2) is 6.22. The van der Waals surface area contributed by atoms with Crippen LogP contribution in [0.1, 0.15) is 28.9 Å². The topological polar surface area (TPSA) is 77.8 Å². The van der Waals surface area contributed by atoms with Crippen LogP contribution in [0, 0.1) is 0 Å². The van der Waals surface area contributed by atoms with E-state index in [0.717, 1.165) is 15.6 Å². The fraction of sp³-hybridized carbons (Fsp3) is 0.125. The number of aromatic nitrogens is 2. The van der Waals surface area contributed by atoms with E-state index in [9.17, 15) is 9.59 Å². The fourth-order valence-electron chi connectivity index (χ4n) is 2.35. The predicted molar refractivity (Wildman–Crippen MR) is 94.0 cm³/mol. The monoisotopic (exact) mass is 393 g/mol. The highest BCUT2D eigenvalue weighted by molar-refractivity contribution is 9.10. The Kier molecular flexibility index (Phi) is 4.28. The van der Waals surface area contributed by atoms with E-state index >= 15 is 0 Å². The summed E-state index contributed by atoms with van der Waals surface area (Å²) in [5.74, 6) is -0.252. The lowest BCUT2D eigenvalue weighted by Crippen LogP contribution is -2.26. The SMILES string of the molecule is CC(NC(=O)c1ccc(Br)cc1Cl)c1ccc2[nH]c(=O)[nH]c2c1. The van der Waals surface area contributed by atoms with E-state index in [1.807, 2.05) is 19.1 Å². The van der Waals surface area contributed by atoms with Crippen molar-refractivity contribution in [1.82, 2.24) is 15.3 Å². The van der Waals surface area contributed by atoms with Crippen LogP contribution in [-0.4, -0.2) is 15.9 Å². The van der Waals surface area contributed by atoms with Crippen LogP contribution in [0.2, 0.25) is 5.02 Å². The van der Waals surface area contributed by atoms with Crippen molar-refractivity contribution in [2.45, 2.75) is 13.0 Å². The molecule has 1 amide bonds. The Morgan fingerprint density at radius 3 is 2.65 bits per heavy atom. The molecular weight excluding hydrogens is 382 g/mol. The van der Waals surface area contributed by atoms with E-state index in [-0.39, 0.29) is 17.6 Å². The maximum absolute atomic E-state index is 12.4. The summed E-state index contributed by atoms with van der Waals surface area (Å²) in [6, 6.07) is 10.4. The van der Waals surface area contributed by atoms with Crippen molar-refractivity contribution >= 4 is 44.5 Å². The summed E-state index contributed by atoms with van der Waals surface area (Å²) in [5.41, 5.74) is 2.48. The highest BCUT2D eigenvalue weighted by Crippen LogP contribution is 2.23. The molecule has 5 nitrogen and oxygen atoms in total. The molecule has 0 aliphatic heterocycles. The molecule has 3 aromatic rings. The van der Waals surface area contributed by atoms with Gasteiger partial charge >= 0.3 is 5.69 Å². The Hall–Kier alpha value is -2.05. The van der Waals surface area contributed by atoms with E-state index in [4.69, 9.17) is 11.6 Å². The molecule has 0 spiro atoms. The summed E-state index contributed by atoms with van der Waals surface area (Å²) >= 11 is 9.41. The number of aromatic amines is 2. The van der Waals surface area contributed by atoms with Gasteiger partial charge in [0.2, 0.25) is 0 Å². The standard InChI is InChI=1S/C16H13BrClN3O2/c1-8(9-2-5-13-14(6-9)21-16(23)20-13)19-15(22)11-4-3-10(17)7-12(11)18/h2-8H,1H3,(H,19,22)(H2,20,21,23). The van der Waals surface area contributed by atoms with Gasteiger partial charge in [0.25, 0.3) is 5.91 Å². The van der Waals surface area contributed by atoms with Crippen LogP contribution in [-0.2, 0) is 0 Å². The third-order valence-electron chi connectivity index (χ3n) is 3.56. The molecule has 1 heterocycles. The largest absolute Gasteiger partial charge is 0.345 e. The quantitative estimate of drug-likeness (QED) is 0.632. The molecule has 1 atom stereocenters. The van der Waals surface area contributed by atoms with Crippen molar-refractivity contribution in [2.75, 3.05) is 0 Å². The average molecular weight is 395 g/mol. The van der Waals surface area contributed by atoms with Gasteiger partial charge in [-0.15, -0.1) is 0 Å². The number of nitrogens with one attached hydrogen (secondary N) is 3. The number of carbonyl (C=O) groups excluding carboxylic acids is 1. The van der Waals surface area contributed by atoms with Crippen molar-refractivity contribution in [3.63, 3.8) is 0 Å². The molecule has 1 aromatic heterocycles. The molecule has 0 saturated heterocycles. The predicted octanol–water partition coefficient (Wildman–Crippen LogP) is 3.76. The summed E-state index contributed by atoms with van der Waals surface area (Å²) < 4.78 is 0.814. The average Bonchev–Trinajstić information content (AvgIpc) is 2.85. The number of benzene rings is 2. The van der Waals surface area contributed by atoms with Gasteiger partial charge in [-0.3, -0.25) is 4.79 Å². The van der Waals surface area contributed by atoms with Crippen LogP contribution in [0.25, 0.3) is 11.0 Å². The minimum Gasteiger partial charge on any atom is -0.345 e. The Bertz CT molecular complexity index is 948. The number of hydrogen-bond acceptors (Lipinski definition) is 2. The zero-order valence-corrected chi connectivity index (χ0v) is 14.5. The summed E-state index contributed by atoms with van der Waals surface area (Å²) in [7, 11) is 0. The van der Waals surface area contributed by atoms with Gasteiger partial charge in [0.1, 0.15) is 0 Å². The van der Waals surface area contributed by atoms with Crippen molar-refractivity contribution < 1.29 is 4.79 Å². The maximum Gasteiger partial charge on any atom is 0.323 e. The first-order chi connectivity index (χ1) is 10.9. The lowest BCUT2D eigenvalue weighted by molar-refractivity contribution is 0.0940. The molecule has 0 bridgehead atoms. The number of halogens is 2. The minimum atomic E-state index is -0.254. The third kappa shape index (κ3) is 3.33. The molecule has 2 aromatic carbocycles. The van der Waals surface area contributed by atoms with Crippen molar-refractivity contribution in [1.29, 1.82) is 0 Å². The van der Waals surface area contributed by atoms with E-state index in [2.05, 4.69) is 31.2 Å². The molecule has 0 saturated carbocycles. The number of hydrogen-bond donors (Lipinski definition) is 3. The Labute approximate surface area is 145 Å². The lowest BCUT2D eigenvalue weighted by atomic mass is 10.1. The number of fused-ring (bicyclic) bond motifs is 1. The molecule has 0 radical (unpaired) electrons. The normalized spacial score (nSPS) is 12.3. The summed E-state index contributed by atoms with van der Waals surface area (Å²) in [4.78, 5) is 29.0. The number of amides is 1. The Balaban J connectivity index is 1.83. The highest BCUT2D eigenvalue weighted by atomic mass is 79.9. The summed E-state index contributed by atoms with van der Waals surface area (Å²) in [5, 5.41) is 3.29. The second-order valence-corrected chi connectivity index (χ2v) is 6.53. The van der Waals surface area contributed by atoms with E-state index in [1.54, 1.807) is 24.3 Å². The molecular formula is C16H13BrClN3O2. The first kappa shape index (κ1) is 15.8. The van der Waals surface area contributed by atoms with Gasteiger partial charge < -0.3 is 15.3 Å². The van der Waals surface area contributed by atoms with E-state index in [0.29, 0.717) is 16.1 Å². The van der Waals surface area contributed by atoms with Crippen molar-refractivity contribution in [3.05, 3.63) is 67.5 Å². The number of H-pyrrole nitrogens is 2. The van der Waals surface area contributed by atoms with Gasteiger partial charge in [-0.05, 0) is 42.8 Å². The van der Waals surface area contributed by atoms with Crippen LogP contribution in [0.5, 0.6) is 0 Å². The van der Waals surface area contributed by atoms with Gasteiger partial charge in [-0.1, -0.05) is 33.6 Å². The van der Waals surface area contributed by atoms with Crippen LogP contribution in [0.15, 0.2) is 45.7 Å². The van der Waals surface area contributed by atoms with Gasteiger partial charge in [0, 0.05) is 4.47 Å². The number of imidazole rings is 1. The van der Waals surface area contributed by atoms with Gasteiger partial charge in [-0.25, -0.2) is 4.79 Å². The molecule has 3 N–H and O–H groups in total.